The van der Waals surface area contributed by atoms with Crippen molar-refractivity contribution >= 4 is 38.9 Å². The maximum atomic E-state index is 14.6. The zero-order valence-electron chi connectivity index (χ0n) is 15.3. The summed E-state index contributed by atoms with van der Waals surface area (Å²) >= 11 is 7.57. The Morgan fingerprint density at radius 2 is 2.14 bits per heavy atom. The van der Waals surface area contributed by atoms with E-state index in [2.05, 4.69) is 15.2 Å². The van der Waals surface area contributed by atoms with Crippen LogP contribution in [0, 0.1) is 5.82 Å². The summed E-state index contributed by atoms with van der Waals surface area (Å²) in [5, 5.41) is 7.73. The highest BCUT2D eigenvalue weighted by Gasteiger charge is 2.42. The summed E-state index contributed by atoms with van der Waals surface area (Å²) in [4.78, 5) is 5.34. The second-order valence-electron chi connectivity index (χ2n) is 6.69. The monoisotopic (exact) mass is 455 g/mol. The van der Waals surface area contributed by atoms with E-state index in [4.69, 9.17) is 21.8 Å². The van der Waals surface area contributed by atoms with Gasteiger partial charge in [0.25, 0.3) is 0 Å². The number of nitrogens with zero attached hydrogens (tertiary/aromatic N) is 4. The Labute approximate surface area is 174 Å². The van der Waals surface area contributed by atoms with Crippen molar-refractivity contribution in [1.82, 2.24) is 14.5 Å². The summed E-state index contributed by atoms with van der Waals surface area (Å²) in [5.74, 6) is -0.655. The third-order valence-electron chi connectivity index (χ3n) is 4.58. The number of benzene rings is 1. The van der Waals surface area contributed by atoms with Crippen LogP contribution >= 0.6 is 22.9 Å². The van der Waals surface area contributed by atoms with E-state index < -0.39 is 21.4 Å². The summed E-state index contributed by atoms with van der Waals surface area (Å²) in [6.45, 7) is 1.64. The number of aliphatic imine (C=N–C) groups is 1. The molecule has 3 aromatic rings. The van der Waals surface area contributed by atoms with Crippen molar-refractivity contribution in [2.75, 3.05) is 12.8 Å². The second kappa shape index (κ2) is 6.78. The Morgan fingerprint density at radius 1 is 1.38 bits per heavy atom. The maximum Gasteiger partial charge on any atom is 0.247 e. The van der Waals surface area contributed by atoms with Gasteiger partial charge >= 0.3 is 0 Å². The summed E-state index contributed by atoms with van der Waals surface area (Å²) in [6, 6.07) is 5.97. The molecular weight excluding hydrogens is 441 g/mol. The fourth-order valence-corrected chi connectivity index (χ4v) is 6.26. The molecule has 4 rings (SSSR count). The predicted octanol–water partition coefficient (Wildman–Crippen LogP) is 3.06. The maximum absolute atomic E-state index is 14.6. The summed E-state index contributed by atoms with van der Waals surface area (Å²) in [6.07, 6.45) is 1.18. The lowest BCUT2D eigenvalue weighted by Gasteiger charge is -2.33. The first-order valence-corrected chi connectivity index (χ1v) is 11.1. The molecule has 2 aromatic heterocycles. The van der Waals surface area contributed by atoms with Gasteiger partial charge in [0.1, 0.15) is 11.4 Å². The number of hydrogen-bond donors (Lipinski definition) is 1. The Morgan fingerprint density at radius 3 is 2.79 bits per heavy atom. The first kappa shape index (κ1) is 19.8. The highest BCUT2D eigenvalue weighted by atomic mass is 35.5. The molecule has 0 fully saturated rings. The van der Waals surface area contributed by atoms with Crippen LogP contribution in [0.25, 0.3) is 21.9 Å². The normalized spacial score (nSPS) is 21.2. The fourth-order valence-electron chi connectivity index (χ4n) is 3.08. The minimum absolute atomic E-state index is 0.130. The molecule has 0 radical (unpaired) electrons. The summed E-state index contributed by atoms with van der Waals surface area (Å²) in [5.41, 5.74) is 5.44. The van der Waals surface area contributed by atoms with Crippen LogP contribution in [0.15, 0.2) is 40.1 Å². The molecule has 2 N–H and O–H groups in total. The van der Waals surface area contributed by atoms with Gasteiger partial charge in [-0.3, -0.25) is 0 Å². The molecular formula is C17H15ClFN5O3S2. The van der Waals surface area contributed by atoms with E-state index in [9.17, 15) is 12.8 Å². The smallest absolute Gasteiger partial charge is 0.247 e. The number of halogens is 2. The zero-order chi connectivity index (χ0) is 21.0. The molecule has 0 saturated heterocycles. The van der Waals surface area contributed by atoms with Gasteiger partial charge in [0.15, 0.2) is 0 Å². The van der Waals surface area contributed by atoms with Crippen molar-refractivity contribution in [3.05, 3.63) is 46.4 Å². The van der Waals surface area contributed by atoms with Gasteiger partial charge in [-0.25, -0.2) is 22.1 Å². The topological polar surface area (TPSA) is 115 Å². The van der Waals surface area contributed by atoms with Crippen molar-refractivity contribution in [3.8, 4) is 21.9 Å². The first-order valence-electron chi connectivity index (χ1n) is 8.29. The van der Waals surface area contributed by atoms with Gasteiger partial charge in [-0.15, -0.1) is 21.5 Å². The Bertz CT molecular complexity index is 1230. The van der Waals surface area contributed by atoms with Gasteiger partial charge in [0.05, 0.1) is 15.7 Å². The molecule has 0 amide bonds. The van der Waals surface area contributed by atoms with E-state index in [0.717, 1.165) is 15.6 Å². The molecule has 1 aliphatic rings. The Balaban J connectivity index is 1.81. The molecule has 0 saturated carbocycles. The Hall–Kier alpha value is -2.50. The van der Waals surface area contributed by atoms with Crippen LogP contribution in [0.1, 0.15) is 11.8 Å². The molecule has 1 atom stereocenters. The molecule has 0 aliphatic carbocycles. The van der Waals surface area contributed by atoms with Crippen molar-refractivity contribution in [1.29, 1.82) is 0 Å². The lowest BCUT2D eigenvalue weighted by Crippen LogP contribution is -2.50. The molecule has 12 heteroatoms. The number of rotatable bonds is 3. The largest absolute Gasteiger partial charge is 0.423 e. The molecule has 1 aliphatic heterocycles. The molecule has 29 heavy (non-hydrogen) atoms. The van der Waals surface area contributed by atoms with Gasteiger partial charge in [-0.1, -0.05) is 11.6 Å². The van der Waals surface area contributed by atoms with Crippen LogP contribution in [-0.4, -0.2) is 41.7 Å². The zero-order valence-corrected chi connectivity index (χ0v) is 17.6. The molecule has 0 unspecified atom stereocenters. The van der Waals surface area contributed by atoms with E-state index in [1.165, 1.54) is 25.6 Å². The number of thiophene rings is 1. The Kier molecular flexibility index (Phi) is 4.63. The SMILES string of the molecule is CN1C(N)=N[C@](C)(c2sc(-c3cc(-c4nnco4)ccc3F)cc2Cl)CS1(=O)=O. The predicted molar refractivity (Wildman–Crippen MR) is 109 cm³/mol. The fraction of sp³-hybridized carbons (Fsp3) is 0.235. The number of aromatic nitrogens is 2. The number of hydrogen-bond acceptors (Lipinski definition) is 8. The van der Waals surface area contributed by atoms with Gasteiger partial charge in [-0.2, -0.15) is 0 Å². The summed E-state index contributed by atoms with van der Waals surface area (Å²) in [7, 11) is -2.32. The van der Waals surface area contributed by atoms with Crippen LogP contribution in [0.2, 0.25) is 5.02 Å². The third-order valence-corrected chi connectivity index (χ3v) is 8.36. The van der Waals surface area contributed by atoms with Gasteiger partial charge in [-0.05, 0) is 31.2 Å². The van der Waals surface area contributed by atoms with E-state index in [0.29, 0.717) is 15.3 Å². The lowest BCUT2D eigenvalue weighted by molar-refractivity contribution is 0.482. The van der Waals surface area contributed by atoms with Crippen molar-refractivity contribution < 1.29 is 17.2 Å². The molecule has 0 spiro atoms. The second-order valence-corrected chi connectivity index (χ2v) is 10.2. The average Bonchev–Trinajstić information content (AvgIpc) is 3.30. The molecule has 3 heterocycles. The van der Waals surface area contributed by atoms with Crippen molar-refractivity contribution in [2.24, 2.45) is 10.7 Å². The van der Waals surface area contributed by atoms with Gasteiger partial charge in [0, 0.05) is 23.1 Å². The summed E-state index contributed by atoms with van der Waals surface area (Å²) < 4.78 is 45.5. The quantitative estimate of drug-likeness (QED) is 0.649. The van der Waals surface area contributed by atoms with Crippen LogP contribution < -0.4 is 5.73 Å². The standard InChI is InChI=1S/C17H15ClFN5O3S2/c1-17(7-29(25,26)24(2)16(20)22-17)14-11(18)6-13(28-14)10-5-9(3-4-12(10)19)15-23-21-8-27-15/h3-6,8H,7H2,1-2H3,(H2,20,22)/t17-/m0/s1. The van der Waals surface area contributed by atoms with E-state index in [-0.39, 0.29) is 28.2 Å². The lowest BCUT2D eigenvalue weighted by atomic mass is 10.0. The van der Waals surface area contributed by atoms with Crippen LogP contribution in [0.5, 0.6) is 0 Å². The third kappa shape index (κ3) is 3.38. The first-order chi connectivity index (χ1) is 13.6. The van der Waals surface area contributed by atoms with E-state index in [1.54, 1.807) is 19.1 Å². The minimum atomic E-state index is -3.66. The van der Waals surface area contributed by atoms with Gasteiger partial charge < -0.3 is 10.2 Å². The van der Waals surface area contributed by atoms with Gasteiger partial charge in [0.2, 0.25) is 28.3 Å². The molecule has 1 aromatic carbocycles. The molecule has 8 nitrogen and oxygen atoms in total. The van der Waals surface area contributed by atoms with Crippen molar-refractivity contribution in [3.63, 3.8) is 0 Å². The molecule has 0 bridgehead atoms. The van der Waals surface area contributed by atoms with Crippen molar-refractivity contribution in [2.45, 2.75) is 12.5 Å². The molecule has 152 valence electrons. The van der Waals surface area contributed by atoms with Crippen LogP contribution in [-0.2, 0) is 15.6 Å². The highest BCUT2D eigenvalue weighted by Crippen LogP contribution is 2.45. The highest BCUT2D eigenvalue weighted by molar-refractivity contribution is 7.89. The average molecular weight is 456 g/mol. The number of nitrogens with two attached hydrogens (primary N) is 1. The number of sulfonamides is 1. The minimum Gasteiger partial charge on any atom is -0.423 e. The van der Waals surface area contributed by atoms with Crippen LogP contribution in [0.4, 0.5) is 4.39 Å². The number of guanidine groups is 1. The van der Waals surface area contributed by atoms with E-state index >= 15 is 0 Å². The van der Waals surface area contributed by atoms with E-state index in [1.807, 2.05) is 0 Å². The van der Waals surface area contributed by atoms with Crippen LogP contribution in [0.3, 0.4) is 0 Å².